The average molecular weight is 991 g/mol. The van der Waals surface area contributed by atoms with Crippen molar-refractivity contribution in [3.05, 3.63) is 90.4 Å². The Balaban J connectivity index is 1.10. The summed E-state index contributed by atoms with van der Waals surface area (Å²) >= 11 is 13.1. The predicted octanol–water partition coefficient (Wildman–Crippen LogP) is 3.93. The standard InChI is InChI=1S/C35H31Cl2N4O20P3/c1-54-22-11-20-29(25(36)27(22)42)58-30-21(12-23(55-2)28(43)26(30)37)35(20)19-10-15(5-7-18(19)33(45)59-35)32(44)39-9-3-4-16-13-41(34(46)40-31(16)38)24-8-6-17(57-24)14-56-63(50,51)61-64(52,53)60-62(47,48)49/h5,7,10-13,17,24,42-43H,6,8-9,14H2,1-2H3,(H,39,44)(H,50,51)(H,52,53)(H2,38,40,46)(H2,47,48,49)/t17-,24+/m0/s1. The van der Waals surface area contributed by atoms with Gasteiger partial charge in [-0.25, -0.2) is 23.3 Å². The number of nitrogens with one attached hydrogen (secondary N) is 1. The highest BCUT2D eigenvalue weighted by atomic mass is 35.5. The number of ether oxygens (including phenoxy) is 5. The smallest absolute Gasteiger partial charge is 0.490 e. The molecule has 3 aromatic carbocycles. The Hall–Kier alpha value is -5.21. The molecule has 29 heteroatoms. The highest BCUT2D eigenvalue weighted by molar-refractivity contribution is 7.66. The second-order valence-corrected chi connectivity index (χ2v) is 18.7. The third-order valence-electron chi connectivity index (χ3n) is 9.63. The van der Waals surface area contributed by atoms with Gasteiger partial charge < -0.3 is 64.5 Å². The first-order valence-corrected chi connectivity index (χ1v) is 23.1. The molecular weight excluding hydrogens is 960 g/mol. The molecule has 24 nitrogen and oxygen atoms in total. The fourth-order valence-corrected chi connectivity index (χ4v) is 10.4. The lowest BCUT2D eigenvalue weighted by atomic mass is 9.77. The van der Waals surface area contributed by atoms with Crippen LogP contribution >= 0.6 is 46.7 Å². The second kappa shape index (κ2) is 17.3. The number of phenolic OH excluding ortho intramolecular Hbond substituents is 2. The predicted molar refractivity (Wildman–Crippen MR) is 216 cm³/mol. The van der Waals surface area contributed by atoms with Crippen LogP contribution in [0.3, 0.4) is 0 Å². The zero-order chi connectivity index (χ0) is 46.7. The molecule has 7 rings (SSSR count). The van der Waals surface area contributed by atoms with Crippen LogP contribution in [-0.4, -0.2) is 84.7 Å². The van der Waals surface area contributed by atoms with Crippen molar-refractivity contribution in [3.63, 3.8) is 0 Å². The normalized spacial score (nSPS) is 18.8. The van der Waals surface area contributed by atoms with Crippen LogP contribution < -0.4 is 31.0 Å². The Labute approximate surface area is 368 Å². The molecule has 4 heterocycles. The minimum atomic E-state index is -5.74. The van der Waals surface area contributed by atoms with Crippen molar-refractivity contribution < 1.29 is 89.9 Å². The van der Waals surface area contributed by atoms with Gasteiger partial charge in [0.25, 0.3) is 5.91 Å². The number of amides is 1. The van der Waals surface area contributed by atoms with Crippen molar-refractivity contribution in [2.75, 3.05) is 33.1 Å². The summed E-state index contributed by atoms with van der Waals surface area (Å²) in [6.07, 6.45) is -0.583. The number of hydrogen-bond donors (Lipinski definition) is 8. The number of phosphoric ester groups is 1. The van der Waals surface area contributed by atoms with E-state index in [1.165, 1.54) is 50.7 Å². The molecule has 4 aromatic rings. The maximum absolute atomic E-state index is 13.6. The number of benzene rings is 3. The van der Waals surface area contributed by atoms with Crippen LogP contribution in [0.4, 0.5) is 5.82 Å². The number of nitrogens with zero attached hydrogens (tertiary/aromatic N) is 2. The number of carbonyl (C=O) groups is 2. The van der Waals surface area contributed by atoms with Gasteiger partial charge in [0.2, 0.25) is 0 Å². The number of methoxy groups -OCH3 is 2. The van der Waals surface area contributed by atoms with Gasteiger partial charge in [-0.2, -0.15) is 13.6 Å². The lowest BCUT2D eigenvalue weighted by Crippen LogP contribution is -2.34. The van der Waals surface area contributed by atoms with E-state index in [1.54, 1.807) is 0 Å². The number of fused-ring (bicyclic) bond motifs is 6. The number of carbonyl (C=O) groups excluding carboxylic acids is 2. The van der Waals surface area contributed by atoms with Crippen LogP contribution in [0.15, 0.2) is 41.3 Å². The van der Waals surface area contributed by atoms with Gasteiger partial charge in [0, 0.05) is 17.3 Å². The molecule has 1 amide bonds. The number of anilines is 1. The summed E-state index contributed by atoms with van der Waals surface area (Å²) < 4.78 is 76.1. The van der Waals surface area contributed by atoms with E-state index in [1.807, 2.05) is 0 Å². The van der Waals surface area contributed by atoms with Gasteiger partial charge in [0.05, 0.1) is 55.7 Å². The summed E-state index contributed by atoms with van der Waals surface area (Å²) in [4.78, 5) is 80.2. The molecule has 4 atom stereocenters. The Morgan fingerprint density at radius 3 is 2.17 bits per heavy atom. The number of aromatic hydroxyl groups is 2. The Bertz CT molecular complexity index is 2850. The summed E-state index contributed by atoms with van der Waals surface area (Å²) in [7, 11) is -14.2. The number of phosphoric acid groups is 3. The number of rotatable bonds is 12. The fourth-order valence-electron chi connectivity index (χ4n) is 6.93. The van der Waals surface area contributed by atoms with Gasteiger partial charge in [-0.05, 0) is 43.2 Å². The molecule has 0 radical (unpaired) electrons. The number of halogens is 2. The molecule has 340 valence electrons. The highest BCUT2D eigenvalue weighted by Crippen LogP contribution is 2.67. The van der Waals surface area contributed by atoms with Gasteiger partial charge in [0.1, 0.15) is 22.1 Å². The van der Waals surface area contributed by atoms with E-state index in [-0.39, 0.29) is 91.6 Å². The molecule has 2 unspecified atom stereocenters. The van der Waals surface area contributed by atoms with E-state index < -0.39 is 77.1 Å². The number of phenols is 2. The molecule has 1 spiro atoms. The zero-order valence-corrected chi connectivity index (χ0v) is 36.6. The number of aromatic nitrogens is 2. The minimum Gasteiger partial charge on any atom is -0.503 e. The Morgan fingerprint density at radius 2 is 1.58 bits per heavy atom. The number of nitrogen functional groups attached to an aromatic ring is 1. The van der Waals surface area contributed by atoms with E-state index in [0.717, 1.165) is 4.57 Å². The maximum Gasteiger partial charge on any atom is 0.490 e. The molecule has 3 aliphatic rings. The van der Waals surface area contributed by atoms with Gasteiger partial charge in [-0.15, -0.1) is 0 Å². The fraction of sp³-hybridized carbons (Fsp3) is 0.257. The van der Waals surface area contributed by atoms with Crippen molar-refractivity contribution in [1.29, 1.82) is 0 Å². The highest BCUT2D eigenvalue weighted by Gasteiger charge is 2.56. The molecule has 0 saturated carbocycles. The third kappa shape index (κ3) is 8.92. The summed E-state index contributed by atoms with van der Waals surface area (Å²) in [6.45, 7) is -1.04. The lowest BCUT2D eigenvalue weighted by molar-refractivity contribution is -0.0242. The van der Waals surface area contributed by atoms with E-state index in [0.29, 0.717) is 0 Å². The van der Waals surface area contributed by atoms with Crippen molar-refractivity contribution in [3.8, 4) is 46.3 Å². The van der Waals surface area contributed by atoms with Crippen LogP contribution in [-0.2, 0) is 41.9 Å². The molecule has 0 bridgehead atoms. The summed E-state index contributed by atoms with van der Waals surface area (Å²) in [5.74, 6) is 1.94. The number of hydrogen-bond acceptors (Lipinski definition) is 18. The number of esters is 1. The van der Waals surface area contributed by atoms with Gasteiger partial charge in [-0.1, -0.05) is 35.0 Å². The lowest BCUT2D eigenvalue weighted by Gasteiger charge is -2.37. The van der Waals surface area contributed by atoms with E-state index in [2.05, 4.69) is 35.3 Å². The van der Waals surface area contributed by atoms with Crippen LogP contribution in [0.5, 0.6) is 34.5 Å². The van der Waals surface area contributed by atoms with Crippen molar-refractivity contribution in [1.82, 2.24) is 14.9 Å². The zero-order valence-electron chi connectivity index (χ0n) is 32.4. The van der Waals surface area contributed by atoms with Gasteiger partial charge >= 0.3 is 35.1 Å². The average Bonchev–Trinajstić information content (AvgIpc) is 3.80. The Kier molecular flexibility index (Phi) is 12.6. The number of nitrogens with two attached hydrogens (primary N) is 1. The molecular formula is C35H31Cl2N4O20P3. The molecule has 1 fully saturated rings. The van der Waals surface area contributed by atoms with Crippen LogP contribution in [0.1, 0.15) is 62.0 Å². The van der Waals surface area contributed by atoms with Crippen LogP contribution in [0, 0.1) is 11.8 Å². The Morgan fingerprint density at radius 1 is 0.953 bits per heavy atom. The van der Waals surface area contributed by atoms with Crippen LogP contribution in [0.2, 0.25) is 10.0 Å². The van der Waals surface area contributed by atoms with Crippen molar-refractivity contribution in [2.24, 2.45) is 0 Å². The van der Waals surface area contributed by atoms with E-state index in [4.69, 9.17) is 62.4 Å². The molecule has 1 aromatic heterocycles. The molecule has 64 heavy (non-hydrogen) atoms. The maximum atomic E-state index is 13.6. The molecule has 0 aliphatic carbocycles. The van der Waals surface area contributed by atoms with Gasteiger partial charge in [-0.3, -0.25) is 13.9 Å². The minimum absolute atomic E-state index is 0.0112. The van der Waals surface area contributed by atoms with E-state index in [9.17, 15) is 48.1 Å². The van der Waals surface area contributed by atoms with Gasteiger partial charge in [0.15, 0.2) is 40.1 Å². The molecule has 3 aliphatic heterocycles. The molecule has 9 N–H and O–H groups in total. The summed E-state index contributed by atoms with van der Waals surface area (Å²) in [6, 6.07) is 6.74. The molecule has 1 saturated heterocycles. The third-order valence-corrected chi connectivity index (χ3v) is 14.1. The summed E-state index contributed by atoms with van der Waals surface area (Å²) in [5.41, 5.74) is 3.42. The van der Waals surface area contributed by atoms with Crippen LogP contribution in [0.25, 0.3) is 0 Å². The van der Waals surface area contributed by atoms with Crippen molar-refractivity contribution >= 4 is 64.4 Å². The summed E-state index contributed by atoms with van der Waals surface area (Å²) in [5, 5.41) is 23.5. The second-order valence-electron chi connectivity index (χ2n) is 13.6. The quantitative estimate of drug-likeness (QED) is 0.0566. The van der Waals surface area contributed by atoms with E-state index >= 15 is 0 Å². The monoisotopic (exact) mass is 990 g/mol. The SMILES string of the molecule is COc1cc2c(c(Cl)c1O)Oc1c(cc(OC)c(O)c1Cl)C21OC(=O)c2ccc(C(=O)NCC#Cc3cn([C@H]4CC[C@@H](COP(=O)(O)OP(=O)(O)OP(=O)(O)O)O4)c(=O)nc3N)cc21. The topological polar surface area (TPSA) is 354 Å². The largest absolute Gasteiger partial charge is 0.503 e. The van der Waals surface area contributed by atoms with Crippen molar-refractivity contribution in [2.45, 2.75) is 30.8 Å². The first-order valence-electron chi connectivity index (χ1n) is 17.8. The first-order chi connectivity index (χ1) is 30.0. The first kappa shape index (κ1) is 46.8.